The lowest BCUT2D eigenvalue weighted by Crippen LogP contribution is -2.25. The van der Waals surface area contributed by atoms with E-state index in [0.29, 0.717) is 17.4 Å². The highest BCUT2D eigenvalue weighted by Gasteiger charge is 2.24. The molecule has 0 fully saturated rings. The van der Waals surface area contributed by atoms with Crippen LogP contribution in [-0.2, 0) is 19.4 Å². The van der Waals surface area contributed by atoms with Crippen LogP contribution in [0.4, 0.5) is 5.95 Å². The lowest BCUT2D eigenvalue weighted by Gasteiger charge is -2.17. The van der Waals surface area contributed by atoms with Crippen LogP contribution in [0.2, 0.25) is 0 Å². The first-order valence-electron chi connectivity index (χ1n) is 6.64. The van der Waals surface area contributed by atoms with Gasteiger partial charge in [0.15, 0.2) is 5.69 Å². The SMILES string of the molecule is CC1CCc2[nH]nc(C(=O)NCc3nc(N)n[nH]3)c2C1. The van der Waals surface area contributed by atoms with Crippen LogP contribution in [-0.4, -0.2) is 31.3 Å². The summed E-state index contributed by atoms with van der Waals surface area (Å²) < 4.78 is 0. The van der Waals surface area contributed by atoms with Gasteiger partial charge in [-0.25, -0.2) is 0 Å². The number of rotatable bonds is 3. The molecule has 0 radical (unpaired) electrons. The number of nitrogens with zero attached hydrogens (tertiary/aromatic N) is 3. The minimum atomic E-state index is -0.202. The zero-order valence-corrected chi connectivity index (χ0v) is 11.2. The molecule has 2 aromatic heterocycles. The number of amides is 1. The Morgan fingerprint density at radius 2 is 2.30 bits per heavy atom. The molecule has 1 amide bonds. The van der Waals surface area contributed by atoms with E-state index in [1.165, 1.54) is 0 Å². The number of hydrogen-bond acceptors (Lipinski definition) is 5. The first-order valence-corrected chi connectivity index (χ1v) is 6.64. The van der Waals surface area contributed by atoms with E-state index in [1.807, 2.05) is 0 Å². The summed E-state index contributed by atoms with van der Waals surface area (Å²) in [6.07, 6.45) is 2.98. The molecule has 1 aliphatic carbocycles. The topological polar surface area (TPSA) is 125 Å². The van der Waals surface area contributed by atoms with Crippen molar-refractivity contribution in [3.05, 3.63) is 22.8 Å². The van der Waals surface area contributed by atoms with Crippen LogP contribution in [0.1, 0.15) is 40.9 Å². The third-order valence-corrected chi connectivity index (χ3v) is 3.57. The van der Waals surface area contributed by atoms with Crippen molar-refractivity contribution in [2.45, 2.75) is 32.7 Å². The van der Waals surface area contributed by atoms with Crippen molar-refractivity contribution in [2.24, 2.45) is 5.92 Å². The molecule has 2 aromatic rings. The van der Waals surface area contributed by atoms with Crippen LogP contribution in [0.3, 0.4) is 0 Å². The van der Waals surface area contributed by atoms with Crippen LogP contribution < -0.4 is 11.1 Å². The van der Waals surface area contributed by atoms with Gasteiger partial charge in [-0.05, 0) is 25.2 Å². The molecule has 0 aromatic carbocycles. The van der Waals surface area contributed by atoms with Crippen molar-refractivity contribution in [1.29, 1.82) is 0 Å². The van der Waals surface area contributed by atoms with Gasteiger partial charge in [0.25, 0.3) is 5.91 Å². The Morgan fingerprint density at radius 3 is 3.05 bits per heavy atom. The molecule has 20 heavy (non-hydrogen) atoms. The first kappa shape index (κ1) is 12.6. The maximum absolute atomic E-state index is 12.2. The average Bonchev–Trinajstić information content (AvgIpc) is 3.02. The number of aryl methyl sites for hydroxylation is 1. The maximum atomic E-state index is 12.2. The molecular weight excluding hydrogens is 258 g/mol. The second kappa shape index (κ2) is 4.95. The van der Waals surface area contributed by atoms with Gasteiger partial charge in [0, 0.05) is 11.3 Å². The minimum absolute atomic E-state index is 0.167. The van der Waals surface area contributed by atoms with Gasteiger partial charge in [0.2, 0.25) is 5.95 Å². The molecule has 1 unspecified atom stereocenters. The number of hydrogen-bond donors (Lipinski definition) is 4. The van der Waals surface area contributed by atoms with Gasteiger partial charge < -0.3 is 11.1 Å². The number of H-pyrrole nitrogens is 2. The van der Waals surface area contributed by atoms with Gasteiger partial charge in [-0.1, -0.05) is 6.92 Å². The van der Waals surface area contributed by atoms with Crippen LogP contribution >= 0.6 is 0 Å². The van der Waals surface area contributed by atoms with Crippen molar-refractivity contribution >= 4 is 11.9 Å². The summed E-state index contributed by atoms with van der Waals surface area (Å²) in [6, 6.07) is 0. The zero-order valence-electron chi connectivity index (χ0n) is 11.2. The molecular formula is C12H17N7O. The standard InChI is InChI=1S/C12H17N7O/c1-6-2-3-8-7(4-6)10(18-16-8)11(20)14-5-9-15-12(13)19-17-9/h6H,2-5H2,1H3,(H,14,20)(H,16,18)(H3,13,15,17,19). The van der Waals surface area contributed by atoms with Crippen molar-refractivity contribution in [3.63, 3.8) is 0 Å². The summed E-state index contributed by atoms with van der Waals surface area (Å²) in [6.45, 7) is 2.44. The number of carbonyl (C=O) groups excluding carboxylic acids is 1. The number of nitrogen functional groups attached to an aromatic ring is 1. The Kier molecular flexibility index (Phi) is 3.13. The Bertz CT molecular complexity index is 630. The summed E-state index contributed by atoms with van der Waals surface area (Å²) >= 11 is 0. The summed E-state index contributed by atoms with van der Waals surface area (Å²) in [5, 5.41) is 16.2. The molecule has 8 nitrogen and oxygen atoms in total. The van der Waals surface area contributed by atoms with Crippen molar-refractivity contribution in [1.82, 2.24) is 30.7 Å². The number of carbonyl (C=O) groups is 1. The second-order valence-electron chi connectivity index (χ2n) is 5.20. The summed E-state index contributed by atoms with van der Waals surface area (Å²) in [7, 11) is 0. The van der Waals surface area contributed by atoms with E-state index in [0.717, 1.165) is 30.5 Å². The van der Waals surface area contributed by atoms with Crippen LogP contribution in [0.25, 0.3) is 0 Å². The van der Waals surface area contributed by atoms with Gasteiger partial charge in [0.05, 0.1) is 6.54 Å². The Morgan fingerprint density at radius 1 is 1.45 bits per heavy atom. The van der Waals surface area contributed by atoms with Gasteiger partial charge in [-0.15, -0.1) is 5.10 Å². The second-order valence-corrected chi connectivity index (χ2v) is 5.20. The van der Waals surface area contributed by atoms with Crippen LogP contribution in [0.15, 0.2) is 0 Å². The molecule has 106 valence electrons. The number of nitrogens with one attached hydrogen (secondary N) is 3. The molecule has 3 rings (SSSR count). The maximum Gasteiger partial charge on any atom is 0.272 e. The highest BCUT2D eigenvalue weighted by Crippen LogP contribution is 2.26. The molecule has 8 heteroatoms. The number of anilines is 1. The third-order valence-electron chi connectivity index (χ3n) is 3.57. The molecule has 1 aliphatic rings. The molecule has 2 heterocycles. The third kappa shape index (κ3) is 2.36. The Labute approximate surface area is 115 Å². The number of aromatic nitrogens is 5. The molecule has 0 spiro atoms. The fourth-order valence-corrected chi connectivity index (χ4v) is 2.49. The quantitative estimate of drug-likeness (QED) is 0.635. The predicted molar refractivity (Wildman–Crippen MR) is 71.7 cm³/mol. The van der Waals surface area contributed by atoms with Gasteiger partial charge in [-0.3, -0.25) is 15.0 Å². The van der Waals surface area contributed by atoms with Crippen molar-refractivity contribution in [3.8, 4) is 0 Å². The number of nitrogens with two attached hydrogens (primary N) is 1. The normalized spacial score (nSPS) is 17.8. The smallest absolute Gasteiger partial charge is 0.272 e. The van der Waals surface area contributed by atoms with Gasteiger partial charge in [0.1, 0.15) is 5.82 Å². The monoisotopic (exact) mass is 275 g/mol. The highest BCUT2D eigenvalue weighted by molar-refractivity contribution is 5.93. The van der Waals surface area contributed by atoms with Crippen molar-refractivity contribution in [2.75, 3.05) is 5.73 Å². The molecule has 5 N–H and O–H groups in total. The largest absolute Gasteiger partial charge is 0.367 e. The number of fused-ring (bicyclic) bond motifs is 1. The van der Waals surface area contributed by atoms with E-state index >= 15 is 0 Å². The Hall–Kier alpha value is -2.38. The van der Waals surface area contributed by atoms with Crippen molar-refractivity contribution < 1.29 is 4.79 Å². The van der Waals surface area contributed by atoms with E-state index in [4.69, 9.17) is 5.73 Å². The fourth-order valence-electron chi connectivity index (χ4n) is 2.49. The van der Waals surface area contributed by atoms with E-state index in [1.54, 1.807) is 0 Å². The molecule has 0 aliphatic heterocycles. The van der Waals surface area contributed by atoms with Gasteiger partial charge in [-0.2, -0.15) is 10.1 Å². The summed E-state index contributed by atoms with van der Waals surface area (Å²) in [4.78, 5) is 16.1. The fraction of sp³-hybridized carbons (Fsp3) is 0.500. The lowest BCUT2D eigenvalue weighted by atomic mass is 9.88. The minimum Gasteiger partial charge on any atom is -0.367 e. The van der Waals surface area contributed by atoms with Gasteiger partial charge >= 0.3 is 0 Å². The average molecular weight is 275 g/mol. The molecule has 0 saturated heterocycles. The van der Waals surface area contributed by atoms with E-state index in [9.17, 15) is 4.79 Å². The Balaban J connectivity index is 1.70. The molecule has 1 atom stereocenters. The van der Waals surface area contributed by atoms with Crippen LogP contribution in [0, 0.1) is 5.92 Å². The summed E-state index contributed by atoms with van der Waals surface area (Å²) in [5.41, 5.74) is 8.01. The summed E-state index contributed by atoms with van der Waals surface area (Å²) in [5.74, 6) is 1.07. The van der Waals surface area contributed by atoms with E-state index in [2.05, 4.69) is 37.6 Å². The van der Waals surface area contributed by atoms with E-state index in [-0.39, 0.29) is 18.4 Å². The number of aromatic amines is 2. The first-order chi connectivity index (χ1) is 9.63. The molecule has 0 bridgehead atoms. The highest BCUT2D eigenvalue weighted by atomic mass is 16.1. The van der Waals surface area contributed by atoms with E-state index < -0.39 is 0 Å². The zero-order chi connectivity index (χ0) is 14.1. The van der Waals surface area contributed by atoms with Crippen LogP contribution in [0.5, 0.6) is 0 Å². The lowest BCUT2D eigenvalue weighted by molar-refractivity contribution is 0.0943. The predicted octanol–water partition coefficient (Wildman–Crippen LogP) is 0.165. The molecule has 0 saturated carbocycles.